The zero-order valence-corrected chi connectivity index (χ0v) is 14.0. The van der Waals surface area contributed by atoms with Crippen LogP contribution in [-0.4, -0.2) is 28.0 Å². The molecule has 6 heteroatoms. The van der Waals surface area contributed by atoms with Crippen LogP contribution in [0.15, 0.2) is 48.7 Å². The summed E-state index contributed by atoms with van der Waals surface area (Å²) < 4.78 is 15.9. The molecule has 1 aromatic carbocycles. The molecule has 0 atom stereocenters. The third kappa shape index (κ3) is 2.87. The van der Waals surface area contributed by atoms with Gasteiger partial charge in [-0.25, -0.2) is 9.18 Å². The Bertz CT molecular complexity index is 911. The summed E-state index contributed by atoms with van der Waals surface area (Å²) in [5.41, 5.74) is 2.98. The molecular weight excluding hydrogens is 321 g/mol. The van der Waals surface area contributed by atoms with Gasteiger partial charge in [0, 0.05) is 17.9 Å². The van der Waals surface area contributed by atoms with E-state index in [1.165, 1.54) is 12.1 Å². The van der Waals surface area contributed by atoms with Crippen LogP contribution in [0, 0.1) is 19.7 Å². The molecule has 1 fully saturated rings. The Morgan fingerprint density at radius 3 is 2.64 bits per heavy atom. The van der Waals surface area contributed by atoms with E-state index in [4.69, 9.17) is 0 Å². The molecule has 3 rings (SSSR count). The first-order valence-corrected chi connectivity index (χ1v) is 7.83. The molecule has 2 aromatic rings. The molecule has 25 heavy (non-hydrogen) atoms. The highest BCUT2D eigenvalue weighted by Gasteiger charge is 2.32. The van der Waals surface area contributed by atoms with E-state index >= 15 is 0 Å². The molecule has 1 saturated heterocycles. The lowest BCUT2D eigenvalue weighted by Crippen LogP contribution is -2.30. The van der Waals surface area contributed by atoms with Crippen LogP contribution in [-0.2, 0) is 4.79 Å². The number of nitrogens with zero attached hydrogens (tertiary/aromatic N) is 2. The standard InChI is InChI=1S/C19H18FN3O2/c1-4-9-22-18(24)16(21-19(22)25)11-14-10-12(2)23(13(14)3)17-8-6-5-7-15(17)20/h4-8,10-11H,1,9H2,2-3H3,(H,21,25)/b16-11+. The third-order valence-corrected chi connectivity index (χ3v) is 4.14. The Hall–Kier alpha value is -3.15. The van der Waals surface area contributed by atoms with E-state index < -0.39 is 11.9 Å². The number of hydrogen-bond acceptors (Lipinski definition) is 2. The second kappa shape index (κ2) is 6.39. The summed E-state index contributed by atoms with van der Waals surface area (Å²) in [4.78, 5) is 25.2. The van der Waals surface area contributed by atoms with E-state index in [-0.39, 0.29) is 18.1 Å². The number of carbonyl (C=O) groups is 2. The average Bonchev–Trinajstić information content (AvgIpc) is 2.99. The highest BCUT2D eigenvalue weighted by atomic mass is 19.1. The van der Waals surface area contributed by atoms with Gasteiger partial charge in [-0.2, -0.15) is 0 Å². The minimum atomic E-state index is -0.473. The van der Waals surface area contributed by atoms with Crippen molar-refractivity contribution < 1.29 is 14.0 Å². The summed E-state index contributed by atoms with van der Waals surface area (Å²) in [5, 5.41) is 2.56. The molecule has 0 unspecified atom stereocenters. The maximum atomic E-state index is 14.1. The lowest BCUT2D eigenvalue weighted by atomic mass is 10.2. The molecule has 1 aliphatic heterocycles. The van der Waals surface area contributed by atoms with Gasteiger partial charge in [0.25, 0.3) is 5.91 Å². The molecule has 0 bridgehead atoms. The Morgan fingerprint density at radius 1 is 1.24 bits per heavy atom. The molecule has 0 aliphatic carbocycles. The smallest absolute Gasteiger partial charge is 0.315 e. The first-order chi connectivity index (χ1) is 11.9. The first kappa shape index (κ1) is 16.7. The van der Waals surface area contributed by atoms with Gasteiger partial charge in [-0.1, -0.05) is 18.2 Å². The largest absolute Gasteiger partial charge is 0.329 e. The molecule has 1 aliphatic rings. The van der Waals surface area contributed by atoms with Crippen LogP contribution in [0.4, 0.5) is 9.18 Å². The highest BCUT2D eigenvalue weighted by Crippen LogP contribution is 2.25. The Kier molecular flexibility index (Phi) is 4.27. The number of rotatable bonds is 4. The molecule has 1 aromatic heterocycles. The number of aryl methyl sites for hydroxylation is 1. The molecule has 0 spiro atoms. The molecule has 1 N–H and O–H groups in total. The number of hydrogen-bond donors (Lipinski definition) is 1. The molecule has 2 heterocycles. The van der Waals surface area contributed by atoms with Crippen molar-refractivity contribution in [1.29, 1.82) is 0 Å². The van der Waals surface area contributed by atoms with Crippen LogP contribution >= 0.6 is 0 Å². The molecular formula is C19H18FN3O2. The van der Waals surface area contributed by atoms with Crippen molar-refractivity contribution in [2.45, 2.75) is 13.8 Å². The van der Waals surface area contributed by atoms with Gasteiger partial charge in [-0.05, 0) is 43.7 Å². The monoisotopic (exact) mass is 339 g/mol. The van der Waals surface area contributed by atoms with Crippen molar-refractivity contribution in [3.8, 4) is 5.69 Å². The number of carbonyl (C=O) groups excluding carboxylic acids is 2. The number of halogens is 1. The SMILES string of the molecule is C=CCN1C(=O)N/C(=C/c2cc(C)n(-c3ccccc3F)c2C)C1=O. The number of benzene rings is 1. The highest BCUT2D eigenvalue weighted by molar-refractivity contribution is 6.14. The number of urea groups is 1. The normalized spacial score (nSPS) is 15.8. The van der Waals surface area contributed by atoms with Crippen LogP contribution in [0.2, 0.25) is 0 Å². The van der Waals surface area contributed by atoms with E-state index in [1.807, 2.05) is 19.9 Å². The lowest BCUT2D eigenvalue weighted by Gasteiger charge is -2.10. The van der Waals surface area contributed by atoms with Gasteiger partial charge < -0.3 is 9.88 Å². The minimum Gasteiger partial charge on any atom is -0.315 e. The second-order valence-corrected chi connectivity index (χ2v) is 5.81. The molecule has 5 nitrogen and oxygen atoms in total. The molecule has 0 radical (unpaired) electrons. The van der Waals surface area contributed by atoms with Crippen molar-refractivity contribution in [3.63, 3.8) is 0 Å². The average molecular weight is 339 g/mol. The summed E-state index contributed by atoms with van der Waals surface area (Å²) >= 11 is 0. The van der Waals surface area contributed by atoms with Gasteiger partial charge >= 0.3 is 6.03 Å². The summed E-state index contributed by atoms with van der Waals surface area (Å²) in [5.74, 6) is -0.730. The predicted octanol–water partition coefficient (Wildman–Crippen LogP) is 3.31. The van der Waals surface area contributed by atoms with Crippen molar-refractivity contribution in [1.82, 2.24) is 14.8 Å². The van der Waals surface area contributed by atoms with Gasteiger partial charge in [0.1, 0.15) is 11.5 Å². The van der Waals surface area contributed by atoms with Crippen molar-refractivity contribution in [2.75, 3.05) is 6.54 Å². The zero-order chi connectivity index (χ0) is 18.1. The quantitative estimate of drug-likeness (QED) is 0.528. The summed E-state index contributed by atoms with van der Waals surface area (Å²) in [6.45, 7) is 7.39. The summed E-state index contributed by atoms with van der Waals surface area (Å²) in [6.07, 6.45) is 3.10. The molecule has 0 saturated carbocycles. The number of amides is 3. The number of imide groups is 1. The van der Waals surface area contributed by atoms with Crippen molar-refractivity contribution in [2.24, 2.45) is 0 Å². The maximum absolute atomic E-state index is 14.1. The fraction of sp³-hybridized carbons (Fsp3) is 0.158. The van der Waals surface area contributed by atoms with E-state index in [0.717, 1.165) is 21.9 Å². The molecule has 128 valence electrons. The van der Waals surface area contributed by atoms with Gasteiger partial charge in [-0.3, -0.25) is 9.69 Å². The fourth-order valence-electron chi connectivity index (χ4n) is 2.96. The van der Waals surface area contributed by atoms with Crippen LogP contribution in [0.3, 0.4) is 0 Å². The Labute approximate surface area is 145 Å². The maximum Gasteiger partial charge on any atom is 0.329 e. The van der Waals surface area contributed by atoms with Crippen LogP contribution < -0.4 is 5.32 Å². The van der Waals surface area contributed by atoms with Crippen LogP contribution in [0.25, 0.3) is 11.8 Å². The van der Waals surface area contributed by atoms with Gasteiger partial charge in [-0.15, -0.1) is 6.58 Å². The topological polar surface area (TPSA) is 54.3 Å². The Balaban J connectivity index is 2.02. The zero-order valence-electron chi connectivity index (χ0n) is 14.0. The van der Waals surface area contributed by atoms with E-state index in [0.29, 0.717) is 5.69 Å². The fourth-order valence-corrected chi connectivity index (χ4v) is 2.96. The molecule has 3 amide bonds. The van der Waals surface area contributed by atoms with Gasteiger partial charge in [0.15, 0.2) is 0 Å². The first-order valence-electron chi connectivity index (χ1n) is 7.83. The number of aromatic nitrogens is 1. The third-order valence-electron chi connectivity index (χ3n) is 4.14. The van der Waals surface area contributed by atoms with E-state index in [2.05, 4.69) is 11.9 Å². The number of nitrogens with one attached hydrogen (secondary N) is 1. The van der Waals surface area contributed by atoms with Gasteiger partial charge in [0.05, 0.1) is 5.69 Å². The van der Waals surface area contributed by atoms with Crippen LogP contribution in [0.5, 0.6) is 0 Å². The second-order valence-electron chi connectivity index (χ2n) is 5.81. The lowest BCUT2D eigenvalue weighted by molar-refractivity contribution is -0.122. The Morgan fingerprint density at radius 2 is 1.96 bits per heavy atom. The summed E-state index contributed by atoms with van der Waals surface area (Å²) in [6, 6.07) is 7.88. The van der Waals surface area contributed by atoms with E-state index in [9.17, 15) is 14.0 Å². The van der Waals surface area contributed by atoms with Crippen LogP contribution in [0.1, 0.15) is 17.0 Å². The number of para-hydroxylation sites is 1. The van der Waals surface area contributed by atoms with E-state index in [1.54, 1.807) is 28.8 Å². The predicted molar refractivity (Wildman–Crippen MR) is 93.6 cm³/mol. The van der Waals surface area contributed by atoms with Crippen molar-refractivity contribution >= 4 is 18.0 Å². The summed E-state index contributed by atoms with van der Waals surface area (Å²) in [7, 11) is 0. The van der Waals surface area contributed by atoms with Crippen molar-refractivity contribution in [3.05, 3.63) is 71.5 Å². The minimum absolute atomic E-state index is 0.149. The van der Waals surface area contributed by atoms with Gasteiger partial charge in [0.2, 0.25) is 0 Å².